The van der Waals surface area contributed by atoms with Gasteiger partial charge in [-0.15, -0.1) is 0 Å². The maximum absolute atomic E-state index is 8.23. The smallest absolute Gasteiger partial charge is 0.0387 e. The van der Waals surface area contributed by atoms with E-state index in [2.05, 4.69) is 21.9 Å². The zero-order chi connectivity index (χ0) is 10.2. The Morgan fingerprint density at radius 3 is 3.07 bits per heavy atom. The van der Waals surface area contributed by atoms with Gasteiger partial charge in [0.15, 0.2) is 0 Å². The van der Waals surface area contributed by atoms with Crippen LogP contribution in [0.4, 0.5) is 5.69 Å². The van der Waals surface area contributed by atoms with E-state index in [1.54, 1.807) is 18.2 Å². The lowest BCUT2D eigenvalue weighted by molar-refractivity contribution is 1.03. The average Bonchev–Trinajstić information content (AvgIpc) is 2.19. The maximum atomic E-state index is 8.23. The van der Waals surface area contributed by atoms with E-state index in [0.29, 0.717) is 18.7 Å². The minimum absolute atomic E-state index is 0.559. The summed E-state index contributed by atoms with van der Waals surface area (Å²) in [6.45, 7) is 0.559. The van der Waals surface area contributed by atoms with Gasteiger partial charge < -0.3 is 5.73 Å². The summed E-state index contributed by atoms with van der Waals surface area (Å²) in [7, 11) is 0. The van der Waals surface area contributed by atoms with Crippen LogP contribution in [0.5, 0.6) is 0 Å². The molecule has 0 atom stereocenters. The number of benzene rings is 1. The van der Waals surface area contributed by atoms with Gasteiger partial charge in [0, 0.05) is 29.1 Å². The lowest BCUT2D eigenvalue weighted by Gasteiger charge is -1.91. The van der Waals surface area contributed by atoms with Crippen molar-refractivity contribution in [3.63, 3.8) is 0 Å². The monoisotopic (exact) mass is 186 g/mol. The van der Waals surface area contributed by atoms with Crippen molar-refractivity contribution in [2.75, 3.05) is 6.54 Å². The molecule has 0 saturated heterocycles. The molecule has 0 saturated carbocycles. The molecule has 14 heavy (non-hydrogen) atoms. The lowest BCUT2D eigenvalue weighted by atomic mass is 10.2. The summed E-state index contributed by atoms with van der Waals surface area (Å²) in [5.41, 5.74) is 14.9. The number of hydrogen-bond acceptors (Lipinski definition) is 2. The fourth-order valence-corrected chi connectivity index (χ4v) is 0.934. The Hall–Kier alpha value is -1.95. The Balaban J connectivity index is 2.84. The minimum Gasteiger partial charge on any atom is -0.330 e. The third-order valence-electron chi connectivity index (χ3n) is 1.51. The molecule has 0 aliphatic carbocycles. The molecular weight excluding hydrogens is 176 g/mol. The molecule has 1 rings (SSSR count). The minimum atomic E-state index is 0.559. The summed E-state index contributed by atoms with van der Waals surface area (Å²) in [5, 5.41) is 3.48. The van der Waals surface area contributed by atoms with Gasteiger partial charge >= 0.3 is 0 Å². The highest BCUT2D eigenvalue weighted by Crippen LogP contribution is 2.13. The van der Waals surface area contributed by atoms with E-state index >= 15 is 0 Å². The van der Waals surface area contributed by atoms with Crippen LogP contribution < -0.4 is 5.73 Å². The fourth-order valence-electron chi connectivity index (χ4n) is 0.934. The molecule has 1 aromatic rings. The van der Waals surface area contributed by atoms with Crippen LogP contribution in [0.15, 0.2) is 29.4 Å². The predicted molar refractivity (Wildman–Crippen MR) is 55.8 cm³/mol. The van der Waals surface area contributed by atoms with Crippen LogP contribution in [-0.2, 0) is 0 Å². The van der Waals surface area contributed by atoms with Gasteiger partial charge in [-0.2, -0.15) is 0 Å². The third kappa shape index (κ3) is 3.20. The first-order valence-electron chi connectivity index (χ1n) is 4.21. The van der Waals surface area contributed by atoms with Gasteiger partial charge in [0.1, 0.15) is 0 Å². The molecule has 4 heteroatoms. The van der Waals surface area contributed by atoms with Crippen LogP contribution in [0.1, 0.15) is 12.0 Å². The van der Waals surface area contributed by atoms with Crippen molar-refractivity contribution in [2.45, 2.75) is 6.42 Å². The normalized spacial score (nSPS) is 8.36. The van der Waals surface area contributed by atoms with Crippen LogP contribution in [-0.4, -0.2) is 6.54 Å². The number of hydrogen-bond donors (Lipinski definition) is 1. The zero-order valence-electron chi connectivity index (χ0n) is 7.64. The molecule has 0 aliphatic rings. The summed E-state index contributed by atoms with van der Waals surface area (Å²) in [5.74, 6) is 5.84. The summed E-state index contributed by atoms with van der Waals surface area (Å²) in [6, 6.07) is 7.13. The van der Waals surface area contributed by atoms with Crippen molar-refractivity contribution in [3.8, 4) is 11.8 Å². The van der Waals surface area contributed by atoms with Crippen molar-refractivity contribution in [1.82, 2.24) is 0 Å². The highest BCUT2D eigenvalue weighted by Gasteiger charge is 1.88. The van der Waals surface area contributed by atoms with Crippen molar-refractivity contribution in [3.05, 3.63) is 40.3 Å². The average molecular weight is 186 g/mol. The first-order chi connectivity index (χ1) is 6.86. The predicted octanol–water partition coefficient (Wildman–Crippen LogP) is 2.33. The van der Waals surface area contributed by atoms with Crippen LogP contribution in [0, 0.1) is 11.8 Å². The second-order valence-electron chi connectivity index (χ2n) is 2.58. The van der Waals surface area contributed by atoms with E-state index in [4.69, 9.17) is 11.3 Å². The Kier molecular flexibility index (Phi) is 4.09. The van der Waals surface area contributed by atoms with E-state index in [9.17, 15) is 0 Å². The van der Waals surface area contributed by atoms with Crippen molar-refractivity contribution in [1.29, 1.82) is 0 Å². The first kappa shape index (κ1) is 10.1. The molecular formula is C10H10N4. The van der Waals surface area contributed by atoms with E-state index in [-0.39, 0.29) is 0 Å². The van der Waals surface area contributed by atoms with Gasteiger partial charge in [-0.25, -0.2) is 0 Å². The number of azide groups is 1. The SMILES string of the molecule is [N-]=[N+]=Nc1cccc(C#CCCN)c1. The molecule has 0 unspecified atom stereocenters. The highest BCUT2D eigenvalue weighted by atomic mass is 15.1. The highest BCUT2D eigenvalue weighted by molar-refractivity contribution is 5.46. The summed E-state index contributed by atoms with van der Waals surface area (Å²) < 4.78 is 0. The number of rotatable bonds is 2. The van der Waals surface area contributed by atoms with E-state index in [1.807, 2.05) is 6.07 Å². The van der Waals surface area contributed by atoms with Crippen molar-refractivity contribution < 1.29 is 0 Å². The van der Waals surface area contributed by atoms with E-state index in [0.717, 1.165) is 5.56 Å². The molecule has 2 N–H and O–H groups in total. The first-order valence-corrected chi connectivity index (χ1v) is 4.21. The van der Waals surface area contributed by atoms with Crippen molar-refractivity contribution >= 4 is 5.69 Å². The summed E-state index contributed by atoms with van der Waals surface area (Å²) in [4.78, 5) is 2.70. The van der Waals surface area contributed by atoms with Crippen LogP contribution >= 0.6 is 0 Å². The standard InChI is InChI=1S/C10H10N4/c11-7-2-1-4-9-5-3-6-10(8-9)13-14-12/h3,5-6,8H,2,7,11H2. The van der Waals surface area contributed by atoms with Crippen molar-refractivity contribution in [2.24, 2.45) is 10.8 Å². The number of nitrogens with two attached hydrogens (primary N) is 1. The lowest BCUT2D eigenvalue weighted by Crippen LogP contribution is -1.95. The fraction of sp³-hybridized carbons (Fsp3) is 0.200. The van der Waals surface area contributed by atoms with Gasteiger partial charge in [-0.3, -0.25) is 0 Å². The van der Waals surface area contributed by atoms with Crippen LogP contribution in [0.3, 0.4) is 0 Å². The van der Waals surface area contributed by atoms with Gasteiger partial charge in [0.2, 0.25) is 0 Å². The summed E-state index contributed by atoms with van der Waals surface area (Å²) in [6.07, 6.45) is 0.672. The van der Waals surface area contributed by atoms with Gasteiger partial charge in [0.25, 0.3) is 0 Å². The largest absolute Gasteiger partial charge is 0.330 e. The molecule has 0 heterocycles. The van der Waals surface area contributed by atoms with E-state index < -0.39 is 0 Å². The Labute approximate surface area is 82.4 Å². The molecule has 0 radical (unpaired) electrons. The quantitative estimate of drug-likeness (QED) is 0.327. The maximum Gasteiger partial charge on any atom is 0.0387 e. The summed E-state index contributed by atoms with van der Waals surface area (Å²) >= 11 is 0. The zero-order valence-corrected chi connectivity index (χ0v) is 7.64. The Morgan fingerprint density at radius 2 is 2.36 bits per heavy atom. The molecule has 0 fully saturated rings. The molecule has 0 bridgehead atoms. The van der Waals surface area contributed by atoms with Gasteiger partial charge in [-0.05, 0) is 17.7 Å². The van der Waals surface area contributed by atoms with Crippen LogP contribution in [0.2, 0.25) is 0 Å². The Bertz CT molecular complexity index is 408. The van der Waals surface area contributed by atoms with Gasteiger partial charge in [0.05, 0.1) is 0 Å². The van der Waals surface area contributed by atoms with Crippen LogP contribution in [0.25, 0.3) is 10.4 Å². The molecule has 70 valence electrons. The third-order valence-corrected chi connectivity index (χ3v) is 1.51. The van der Waals surface area contributed by atoms with Gasteiger partial charge in [-0.1, -0.05) is 29.1 Å². The Morgan fingerprint density at radius 1 is 1.50 bits per heavy atom. The molecule has 0 aliphatic heterocycles. The number of nitrogens with zero attached hydrogens (tertiary/aromatic N) is 3. The van der Waals surface area contributed by atoms with E-state index in [1.165, 1.54) is 0 Å². The second-order valence-corrected chi connectivity index (χ2v) is 2.58. The molecule has 4 nitrogen and oxygen atoms in total. The molecule has 0 aromatic heterocycles. The molecule has 1 aromatic carbocycles. The molecule has 0 amide bonds. The second kappa shape index (κ2) is 5.65. The molecule has 0 spiro atoms. The topological polar surface area (TPSA) is 74.8 Å².